The Hall–Kier alpha value is -2.77. The van der Waals surface area contributed by atoms with Gasteiger partial charge in [-0.25, -0.2) is 22.9 Å². The highest BCUT2D eigenvalue weighted by molar-refractivity contribution is 5.94. The molecule has 0 aliphatic carbocycles. The molecule has 0 atom stereocenters. The fourth-order valence-electron chi connectivity index (χ4n) is 1.51. The number of hydrogen-bond donors (Lipinski definition) is 3. The van der Waals surface area contributed by atoms with Gasteiger partial charge in [0, 0.05) is 12.1 Å². The van der Waals surface area contributed by atoms with Crippen molar-refractivity contribution in [3.8, 4) is 0 Å². The minimum absolute atomic E-state index is 0.0944. The van der Waals surface area contributed by atoms with E-state index in [4.69, 9.17) is 10.8 Å². The summed E-state index contributed by atoms with van der Waals surface area (Å²) in [4.78, 5) is 14.6. The fraction of sp³-hybridized carbons (Fsp3) is 0. The standard InChI is InChI=1S/C12H8F3N3O2/c13-5-1-7(14)11(8(15)2-5)18-10-3-6(12(19)20)9(16)4-17-10/h1-4H,16H2,(H,17,18)(H,19,20). The van der Waals surface area contributed by atoms with Crippen LogP contribution in [-0.4, -0.2) is 16.1 Å². The summed E-state index contributed by atoms with van der Waals surface area (Å²) in [7, 11) is 0. The Bertz CT molecular complexity index is 669. The maximum Gasteiger partial charge on any atom is 0.337 e. The van der Waals surface area contributed by atoms with E-state index in [2.05, 4.69) is 10.3 Å². The maximum absolute atomic E-state index is 13.4. The molecule has 0 unspecified atom stereocenters. The monoisotopic (exact) mass is 283 g/mol. The maximum atomic E-state index is 13.4. The molecule has 2 aromatic rings. The topological polar surface area (TPSA) is 88.2 Å². The van der Waals surface area contributed by atoms with Gasteiger partial charge in [-0.3, -0.25) is 0 Å². The predicted molar refractivity (Wildman–Crippen MR) is 65.2 cm³/mol. The average Bonchev–Trinajstić information content (AvgIpc) is 2.35. The highest BCUT2D eigenvalue weighted by Gasteiger charge is 2.14. The molecule has 0 amide bonds. The highest BCUT2D eigenvalue weighted by Crippen LogP contribution is 2.24. The lowest BCUT2D eigenvalue weighted by Gasteiger charge is -2.09. The van der Waals surface area contributed by atoms with E-state index < -0.39 is 29.1 Å². The third kappa shape index (κ3) is 2.63. The van der Waals surface area contributed by atoms with Gasteiger partial charge in [-0.15, -0.1) is 0 Å². The van der Waals surface area contributed by atoms with E-state index in [0.717, 1.165) is 12.3 Å². The van der Waals surface area contributed by atoms with Gasteiger partial charge >= 0.3 is 5.97 Å². The zero-order valence-electron chi connectivity index (χ0n) is 9.82. The molecule has 0 fully saturated rings. The highest BCUT2D eigenvalue weighted by atomic mass is 19.1. The van der Waals surface area contributed by atoms with Crippen LogP contribution in [0.25, 0.3) is 0 Å². The Morgan fingerprint density at radius 1 is 1.20 bits per heavy atom. The van der Waals surface area contributed by atoms with Crippen molar-refractivity contribution in [3.63, 3.8) is 0 Å². The average molecular weight is 283 g/mol. The second kappa shape index (κ2) is 5.08. The van der Waals surface area contributed by atoms with Gasteiger partial charge in [0.1, 0.15) is 17.3 Å². The van der Waals surface area contributed by atoms with Crippen LogP contribution in [0.2, 0.25) is 0 Å². The van der Waals surface area contributed by atoms with Gasteiger partial charge in [0.25, 0.3) is 0 Å². The van der Waals surface area contributed by atoms with Crippen molar-refractivity contribution in [2.45, 2.75) is 0 Å². The van der Waals surface area contributed by atoms with Crippen molar-refractivity contribution in [2.24, 2.45) is 0 Å². The van der Waals surface area contributed by atoms with Gasteiger partial charge in [-0.2, -0.15) is 0 Å². The molecule has 0 saturated carbocycles. The number of nitrogens with zero attached hydrogens (tertiary/aromatic N) is 1. The number of nitrogen functional groups attached to an aromatic ring is 1. The number of rotatable bonds is 3. The lowest BCUT2D eigenvalue weighted by Crippen LogP contribution is -2.06. The minimum Gasteiger partial charge on any atom is -0.478 e. The van der Waals surface area contributed by atoms with Gasteiger partial charge in [0.2, 0.25) is 0 Å². The van der Waals surface area contributed by atoms with Crippen molar-refractivity contribution in [3.05, 3.63) is 47.4 Å². The Morgan fingerprint density at radius 2 is 1.80 bits per heavy atom. The summed E-state index contributed by atoms with van der Waals surface area (Å²) in [5.41, 5.74) is 4.39. The summed E-state index contributed by atoms with van der Waals surface area (Å²) in [6.45, 7) is 0. The molecule has 0 bridgehead atoms. The summed E-state index contributed by atoms with van der Waals surface area (Å²) >= 11 is 0. The smallest absolute Gasteiger partial charge is 0.337 e. The van der Waals surface area contributed by atoms with E-state index in [-0.39, 0.29) is 17.1 Å². The first kappa shape index (κ1) is 13.7. The van der Waals surface area contributed by atoms with E-state index in [9.17, 15) is 18.0 Å². The fourth-order valence-corrected chi connectivity index (χ4v) is 1.51. The Labute approximate surface area is 110 Å². The molecule has 4 N–H and O–H groups in total. The first-order chi connectivity index (χ1) is 9.38. The Balaban J connectivity index is 2.41. The minimum atomic E-state index is -1.31. The van der Waals surface area contributed by atoms with E-state index in [1.165, 1.54) is 0 Å². The number of benzene rings is 1. The zero-order valence-corrected chi connectivity index (χ0v) is 9.82. The molecule has 104 valence electrons. The van der Waals surface area contributed by atoms with Gasteiger partial charge in [-0.05, 0) is 6.07 Å². The number of pyridine rings is 1. The molecule has 0 aliphatic rings. The number of halogens is 3. The molecular weight excluding hydrogens is 275 g/mol. The number of aromatic carboxylic acids is 1. The van der Waals surface area contributed by atoms with E-state index >= 15 is 0 Å². The number of carbonyl (C=O) groups is 1. The Kier molecular flexibility index (Phi) is 3.47. The molecule has 0 radical (unpaired) electrons. The second-order valence-electron chi connectivity index (χ2n) is 3.83. The third-order valence-corrected chi connectivity index (χ3v) is 2.43. The van der Waals surface area contributed by atoms with Gasteiger partial charge in [0.15, 0.2) is 11.6 Å². The molecule has 0 saturated heterocycles. The van der Waals surface area contributed by atoms with Crippen LogP contribution in [0, 0.1) is 17.5 Å². The molecule has 2 rings (SSSR count). The lowest BCUT2D eigenvalue weighted by atomic mass is 10.2. The van der Waals surface area contributed by atoms with Crippen molar-refractivity contribution in [1.82, 2.24) is 4.98 Å². The van der Waals surface area contributed by atoms with Crippen LogP contribution < -0.4 is 11.1 Å². The summed E-state index contributed by atoms with van der Waals surface area (Å²) in [6.07, 6.45) is 1.03. The molecule has 8 heteroatoms. The van der Waals surface area contributed by atoms with Gasteiger partial charge in [-0.1, -0.05) is 0 Å². The molecule has 1 heterocycles. The van der Waals surface area contributed by atoms with E-state index in [1.54, 1.807) is 0 Å². The van der Waals surface area contributed by atoms with Crippen molar-refractivity contribution < 1.29 is 23.1 Å². The summed E-state index contributed by atoms with van der Waals surface area (Å²) < 4.78 is 39.6. The van der Waals surface area contributed by atoms with Crippen LogP contribution >= 0.6 is 0 Å². The first-order valence-corrected chi connectivity index (χ1v) is 5.29. The number of aromatic nitrogens is 1. The Morgan fingerprint density at radius 3 is 2.35 bits per heavy atom. The number of nitrogens with one attached hydrogen (secondary N) is 1. The molecule has 20 heavy (non-hydrogen) atoms. The van der Waals surface area contributed by atoms with Crippen LogP contribution in [0.1, 0.15) is 10.4 Å². The summed E-state index contributed by atoms with van der Waals surface area (Å²) in [6, 6.07) is 1.99. The zero-order chi connectivity index (χ0) is 14.9. The summed E-state index contributed by atoms with van der Waals surface area (Å²) in [5.74, 6) is -4.85. The van der Waals surface area contributed by atoms with Crippen LogP contribution in [0.5, 0.6) is 0 Å². The van der Waals surface area contributed by atoms with Gasteiger partial charge in [0.05, 0.1) is 17.4 Å². The lowest BCUT2D eigenvalue weighted by molar-refractivity contribution is 0.0698. The number of carboxylic acid groups (broad SMARTS) is 1. The molecule has 1 aromatic carbocycles. The van der Waals surface area contributed by atoms with Crippen molar-refractivity contribution >= 4 is 23.2 Å². The molecule has 0 spiro atoms. The SMILES string of the molecule is Nc1cnc(Nc2c(F)cc(F)cc2F)cc1C(=O)O. The van der Waals surface area contributed by atoms with Crippen molar-refractivity contribution in [2.75, 3.05) is 11.1 Å². The third-order valence-electron chi connectivity index (χ3n) is 2.43. The van der Waals surface area contributed by atoms with Gasteiger partial charge < -0.3 is 16.2 Å². The molecule has 1 aromatic heterocycles. The van der Waals surface area contributed by atoms with Crippen molar-refractivity contribution in [1.29, 1.82) is 0 Å². The summed E-state index contributed by atoms with van der Waals surface area (Å²) in [5, 5.41) is 11.1. The molecule has 5 nitrogen and oxygen atoms in total. The van der Waals surface area contributed by atoms with Crippen LogP contribution in [0.15, 0.2) is 24.4 Å². The number of nitrogens with two attached hydrogens (primary N) is 1. The first-order valence-electron chi connectivity index (χ1n) is 5.29. The van der Waals surface area contributed by atoms with Crippen LogP contribution in [0.4, 0.5) is 30.4 Å². The molecule has 0 aliphatic heterocycles. The predicted octanol–water partition coefficient (Wildman–Crippen LogP) is 2.52. The number of anilines is 3. The van der Waals surface area contributed by atoms with Crippen LogP contribution in [-0.2, 0) is 0 Å². The molecular formula is C12H8F3N3O2. The second-order valence-corrected chi connectivity index (χ2v) is 3.83. The number of hydrogen-bond acceptors (Lipinski definition) is 4. The normalized spacial score (nSPS) is 10.3. The quantitative estimate of drug-likeness (QED) is 0.805. The largest absolute Gasteiger partial charge is 0.478 e. The van der Waals surface area contributed by atoms with Crippen LogP contribution in [0.3, 0.4) is 0 Å². The number of carboxylic acids is 1. The van der Waals surface area contributed by atoms with E-state index in [1.807, 2.05) is 0 Å². The van der Waals surface area contributed by atoms with E-state index in [0.29, 0.717) is 12.1 Å².